The zero-order valence-electron chi connectivity index (χ0n) is 30.1. The Kier molecular flexibility index (Phi) is 13.2. The second kappa shape index (κ2) is 17.2. The predicted octanol–water partition coefficient (Wildman–Crippen LogP) is 6.91. The third kappa shape index (κ3) is 7.41. The molecule has 0 N–H and O–H groups in total. The summed E-state index contributed by atoms with van der Waals surface area (Å²) in [5, 5.41) is 0. The normalized spacial score (nSPS) is 11.6. The van der Waals surface area contributed by atoms with E-state index in [0.717, 1.165) is 30.2 Å². The fourth-order valence-electron chi connectivity index (χ4n) is 6.15. The van der Waals surface area contributed by atoms with Gasteiger partial charge in [0.1, 0.15) is 64.2 Å². The maximum atomic E-state index is 15.4. The van der Waals surface area contributed by atoms with Gasteiger partial charge in [-0.2, -0.15) is 0 Å². The molecule has 0 unspecified atom stereocenters. The van der Waals surface area contributed by atoms with Crippen molar-refractivity contribution in [3.8, 4) is 0 Å². The molecule has 0 aliphatic rings. The molecule has 62 heavy (non-hydrogen) atoms. The lowest BCUT2D eigenvalue weighted by molar-refractivity contribution is -0.636. The molecule has 0 saturated carbocycles. The first-order valence-electron chi connectivity index (χ1n) is 16.2. The largest absolute Gasteiger partial charge is 0.443 e. The zero-order valence-corrected chi connectivity index (χ0v) is 32.2. The summed E-state index contributed by atoms with van der Waals surface area (Å²) in [6.45, 7) is 11.6. The van der Waals surface area contributed by atoms with Crippen LogP contribution in [-0.4, -0.2) is 6.15 Å². The Balaban J connectivity index is 0.000000355. The zero-order chi connectivity index (χ0) is 46.8. The van der Waals surface area contributed by atoms with Gasteiger partial charge in [-0.05, 0) is 37.1 Å². The molecule has 4 aromatic carbocycles. The number of halogens is 21. The van der Waals surface area contributed by atoms with Crippen LogP contribution in [0.3, 0.4) is 0 Å². The number of hydrogen-bond acceptors (Lipinski definition) is 2. The Morgan fingerprint density at radius 2 is 0.516 bits per heavy atom. The molecule has 2 nitrogen and oxygen atoms in total. The van der Waals surface area contributed by atoms with Gasteiger partial charge in [0.05, 0.1) is 0 Å². The van der Waals surface area contributed by atoms with Crippen molar-refractivity contribution < 1.29 is 118 Å². The molecule has 0 spiro atoms. The standard InChI is InChI=1S/C24BF20.C14H14IO2/c26-5-1(6(27)14(35)21(42)13(5)34)25(2-7(28)15(36)22(43)16(37)8(2)29,3-9(30)17(38)23(44)18(39)10(3)31)4-11(32)19(40)24(45)20(41)12(4)33;1-9(2)11-5-7-13(16-11)15-14-8-6-12(17-14)10(3)4/h;5-8H,1,3H2,2,4H3/q-1;+1. The van der Waals surface area contributed by atoms with Crippen molar-refractivity contribution >= 4 is 39.1 Å². The Labute approximate surface area is 342 Å². The highest BCUT2D eigenvalue weighted by atomic mass is 127. The number of benzene rings is 4. The summed E-state index contributed by atoms with van der Waals surface area (Å²) in [5.74, 6) is -69.7. The fraction of sp³-hybridized carbons (Fsp3) is 0.0526. The predicted molar refractivity (Wildman–Crippen MR) is 173 cm³/mol. The van der Waals surface area contributed by atoms with E-state index in [2.05, 4.69) is 13.2 Å². The van der Waals surface area contributed by atoms with Crippen LogP contribution in [-0.2, 0) is 0 Å². The van der Waals surface area contributed by atoms with Crippen LogP contribution in [0.1, 0.15) is 25.4 Å². The van der Waals surface area contributed by atoms with Crippen molar-refractivity contribution in [2.75, 3.05) is 0 Å². The molecule has 0 aliphatic carbocycles. The highest BCUT2D eigenvalue weighted by molar-refractivity contribution is 7.20. The average Bonchev–Trinajstić information content (AvgIpc) is 3.91. The summed E-state index contributed by atoms with van der Waals surface area (Å²) in [7, 11) is 0. The monoisotopic (exact) mass is 1020 g/mol. The second-order valence-electron chi connectivity index (χ2n) is 12.7. The third-order valence-corrected chi connectivity index (χ3v) is 11.1. The molecule has 0 aliphatic heterocycles. The Morgan fingerprint density at radius 3 is 0.677 bits per heavy atom. The molecular formula is C38H14BF20IO2. The molecule has 328 valence electrons. The van der Waals surface area contributed by atoms with Gasteiger partial charge < -0.3 is 8.83 Å². The quantitative estimate of drug-likeness (QED) is 0.0546. The Hall–Kier alpha value is -5.69. The van der Waals surface area contributed by atoms with Gasteiger partial charge >= 0.3 is 28.7 Å². The van der Waals surface area contributed by atoms with E-state index >= 15 is 35.1 Å². The number of hydrogen-bond donors (Lipinski definition) is 0. The van der Waals surface area contributed by atoms with Gasteiger partial charge in [0.25, 0.3) is 0 Å². The lowest BCUT2D eigenvalue weighted by Crippen LogP contribution is -3.61. The molecule has 6 aromatic rings. The summed E-state index contributed by atoms with van der Waals surface area (Å²) >= 11 is -0.396. The average molecular weight is 1020 g/mol. The van der Waals surface area contributed by atoms with Crippen LogP contribution < -0.4 is 43.1 Å². The minimum Gasteiger partial charge on any atom is -0.418 e. The van der Waals surface area contributed by atoms with Crippen molar-refractivity contribution in [1.82, 2.24) is 0 Å². The molecule has 0 bridgehead atoms. The molecule has 0 fully saturated rings. The van der Waals surface area contributed by atoms with Gasteiger partial charge in [0.2, 0.25) is 0 Å². The first-order valence-corrected chi connectivity index (χ1v) is 18.3. The smallest absolute Gasteiger partial charge is 0.418 e. The van der Waals surface area contributed by atoms with Gasteiger partial charge in [-0.3, -0.25) is 0 Å². The maximum Gasteiger partial charge on any atom is 0.443 e. The van der Waals surface area contributed by atoms with Crippen LogP contribution in [0.25, 0.3) is 11.1 Å². The summed E-state index contributed by atoms with van der Waals surface area (Å²) in [5.41, 5.74) is -12.4. The van der Waals surface area contributed by atoms with E-state index in [0.29, 0.717) is 0 Å². The van der Waals surface area contributed by atoms with E-state index < -0.39 is 166 Å². The first-order chi connectivity index (χ1) is 28.8. The highest BCUT2D eigenvalue weighted by Gasteiger charge is 2.52. The summed E-state index contributed by atoms with van der Waals surface area (Å²) in [4.78, 5) is 0. The van der Waals surface area contributed by atoms with Crippen molar-refractivity contribution in [3.63, 3.8) is 0 Å². The SMILES string of the molecule is C=C(C)c1ccc([I+]c2ccc(C(=C)C)o2)o1.Fc1c(F)c(F)c([B-](c2c(F)c(F)c(F)c(F)c2F)(c2c(F)c(F)c(F)c(F)c2F)c2c(F)c(F)c(F)c(F)c2F)c(F)c1F. The van der Waals surface area contributed by atoms with Gasteiger partial charge in [0.15, 0.2) is 69.8 Å². The minimum atomic E-state index is -7.22. The lowest BCUT2D eigenvalue weighted by atomic mass is 9.12. The van der Waals surface area contributed by atoms with E-state index in [-0.39, 0.29) is 0 Å². The molecule has 0 atom stereocenters. The summed E-state index contributed by atoms with van der Waals surface area (Å²) in [6, 6.07) is 7.92. The second-order valence-corrected chi connectivity index (χ2v) is 15.3. The van der Waals surface area contributed by atoms with Crippen molar-refractivity contribution in [2.45, 2.75) is 13.8 Å². The number of rotatable bonds is 8. The lowest BCUT2D eigenvalue weighted by Gasteiger charge is -2.44. The number of furan rings is 2. The molecular weight excluding hydrogens is 1010 g/mol. The van der Waals surface area contributed by atoms with Gasteiger partial charge in [-0.15, -0.1) is 21.9 Å². The van der Waals surface area contributed by atoms with E-state index in [1.54, 1.807) is 0 Å². The van der Waals surface area contributed by atoms with Crippen LogP contribution in [0.5, 0.6) is 0 Å². The van der Waals surface area contributed by atoms with Crippen LogP contribution in [0, 0.1) is 124 Å². The van der Waals surface area contributed by atoms with E-state index in [1.165, 1.54) is 0 Å². The van der Waals surface area contributed by atoms with Crippen LogP contribution in [0.2, 0.25) is 0 Å². The molecule has 0 amide bonds. The van der Waals surface area contributed by atoms with Crippen molar-refractivity contribution in [2.24, 2.45) is 0 Å². The summed E-state index contributed by atoms with van der Waals surface area (Å²) < 4.78 is 307. The fourth-order valence-corrected chi connectivity index (χ4v) is 8.09. The van der Waals surface area contributed by atoms with Gasteiger partial charge in [-0.1, -0.05) is 13.2 Å². The molecule has 6 rings (SSSR count). The van der Waals surface area contributed by atoms with E-state index in [4.69, 9.17) is 8.83 Å². The molecule has 2 heterocycles. The number of allylic oxidation sites excluding steroid dienone is 2. The van der Waals surface area contributed by atoms with Crippen molar-refractivity contribution in [3.05, 3.63) is 173 Å². The van der Waals surface area contributed by atoms with Crippen molar-refractivity contribution in [1.29, 1.82) is 0 Å². The van der Waals surface area contributed by atoms with Crippen LogP contribution >= 0.6 is 0 Å². The van der Waals surface area contributed by atoms with Gasteiger partial charge in [0, 0.05) is 12.1 Å². The molecule has 24 heteroatoms. The highest BCUT2D eigenvalue weighted by Crippen LogP contribution is 2.31. The summed E-state index contributed by atoms with van der Waals surface area (Å²) in [6.07, 6.45) is -7.22. The first kappa shape index (κ1) is 47.4. The topological polar surface area (TPSA) is 26.3 Å². The van der Waals surface area contributed by atoms with Crippen LogP contribution in [0.15, 0.2) is 46.3 Å². The molecule has 0 saturated heterocycles. The van der Waals surface area contributed by atoms with Gasteiger partial charge in [-0.25, -0.2) is 87.8 Å². The molecule has 0 radical (unpaired) electrons. The third-order valence-electron chi connectivity index (χ3n) is 8.88. The molecule has 2 aromatic heterocycles. The Morgan fingerprint density at radius 1 is 0.339 bits per heavy atom. The van der Waals surface area contributed by atoms with E-state index in [9.17, 15) is 52.7 Å². The Bertz CT molecular complexity index is 2420. The van der Waals surface area contributed by atoms with E-state index in [1.807, 2.05) is 38.1 Å². The van der Waals surface area contributed by atoms with Crippen LogP contribution in [0.4, 0.5) is 87.8 Å². The maximum absolute atomic E-state index is 15.4. The minimum absolute atomic E-state index is 0.396.